The predicted octanol–water partition coefficient (Wildman–Crippen LogP) is 3.83. The van der Waals surface area contributed by atoms with Gasteiger partial charge in [-0.2, -0.15) is 17.7 Å². The molecule has 1 saturated carbocycles. The zero-order chi connectivity index (χ0) is 23.4. The summed E-state index contributed by atoms with van der Waals surface area (Å²) in [5, 5.41) is 8.40. The van der Waals surface area contributed by atoms with E-state index in [-0.39, 0.29) is 5.69 Å². The summed E-state index contributed by atoms with van der Waals surface area (Å²) in [6.45, 7) is 0.327. The van der Waals surface area contributed by atoms with Gasteiger partial charge in [-0.1, -0.05) is 12.1 Å². The molecular weight excluding hydrogens is 443 g/mol. The molecule has 1 atom stereocenters. The molecule has 10 heteroatoms. The van der Waals surface area contributed by atoms with Gasteiger partial charge >= 0.3 is 6.18 Å². The molecule has 1 unspecified atom stereocenters. The van der Waals surface area contributed by atoms with Crippen molar-refractivity contribution < 1.29 is 17.7 Å². The van der Waals surface area contributed by atoms with Gasteiger partial charge in [-0.25, -0.2) is 4.98 Å². The Morgan fingerprint density at radius 3 is 2.59 bits per heavy atom. The predicted molar refractivity (Wildman–Crippen MR) is 118 cm³/mol. The number of imidazole rings is 1. The average molecular weight is 466 g/mol. The summed E-state index contributed by atoms with van der Waals surface area (Å²) in [4.78, 5) is 5.47. The van der Waals surface area contributed by atoms with Gasteiger partial charge in [0.2, 0.25) is 5.69 Å². The second-order valence-corrected chi connectivity index (χ2v) is 8.93. The quantitative estimate of drug-likeness (QED) is 0.429. The molecule has 4 heterocycles. The third kappa shape index (κ3) is 3.58. The van der Waals surface area contributed by atoms with Crippen molar-refractivity contribution in [1.82, 2.24) is 29.2 Å². The molecule has 1 aliphatic heterocycles. The van der Waals surface area contributed by atoms with Crippen LogP contribution in [0.15, 0.2) is 61.4 Å². The van der Waals surface area contributed by atoms with E-state index in [1.807, 2.05) is 47.3 Å². The van der Waals surface area contributed by atoms with Crippen LogP contribution in [0.3, 0.4) is 0 Å². The lowest BCUT2D eigenvalue weighted by Crippen LogP contribution is -2.41. The molecule has 7 nitrogen and oxygen atoms in total. The van der Waals surface area contributed by atoms with Crippen molar-refractivity contribution in [3.05, 3.63) is 72.8 Å². The van der Waals surface area contributed by atoms with Gasteiger partial charge in [0.1, 0.15) is 6.33 Å². The molecule has 1 fully saturated rings. The lowest BCUT2D eigenvalue weighted by atomic mass is 10.0. The number of fused-ring (bicyclic) bond motifs is 1. The largest absolute Gasteiger partial charge is 0.409 e. The van der Waals surface area contributed by atoms with E-state index in [1.165, 1.54) is 18.3 Å². The van der Waals surface area contributed by atoms with Crippen LogP contribution in [0, 0.1) is 0 Å². The molecule has 174 valence electrons. The fourth-order valence-corrected chi connectivity index (χ4v) is 4.74. The summed E-state index contributed by atoms with van der Waals surface area (Å²) in [5.41, 5.74) is 3.43. The van der Waals surface area contributed by atoms with Crippen molar-refractivity contribution >= 4 is 0 Å². The molecular formula is C24H23F3N7+. The van der Waals surface area contributed by atoms with Crippen LogP contribution in [0.4, 0.5) is 13.2 Å². The van der Waals surface area contributed by atoms with Crippen molar-refractivity contribution in [2.75, 3.05) is 13.6 Å². The third-order valence-electron chi connectivity index (χ3n) is 6.62. The van der Waals surface area contributed by atoms with E-state index in [0.29, 0.717) is 24.7 Å². The van der Waals surface area contributed by atoms with Gasteiger partial charge in [-0.15, -0.1) is 10.2 Å². The summed E-state index contributed by atoms with van der Waals surface area (Å²) in [5.74, 6) is 0.857. The number of hydrogen-bond donors (Lipinski definition) is 0. The number of alkyl halides is 3. The fraction of sp³-hybridized carbons (Fsp3) is 0.333. The minimum absolute atomic E-state index is 0.0884. The van der Waals surface area contributed by atoms with Gasteiger partial charge in [0.25, 0.3) is 0 Å². The Morgan fingerprint density at radius 2 is 1.85 bits per heavy atom. The minimum atomic E-state index is -4.36. The minimum Gasteiger partial charge on any atom is -0.310 e. The van der Waals surface area contributed by atoms with Crippen LogP contribution in [0.2, 0.25) is 0 Å². The Morgan fingerprint density at radius 1 is 1.06 bits per heavy atom. The third-order valence-corrected chi connectivity index (χ3v) is 6.62. The molecule has 0 radical (unpaired) electrons. The molecule has 2 aliphatic rings. The summed E-state index contributed by atoms with van der Waals surface area (Å²) >= 11 is 0. The van der Waals surface area contributed by atoms with Gasteiger partial charge in [-0.3, -0.25) is 4.90 Å². The van der Waals surface area contributed by atoms with Crippen LogP contribution in [-0.4, -0.2) is 49.0 Å². The molecule has 4 aromatic rings. The Bertz CT molecular complexity index is 1340. The molecule has 3 aromatic heterocycles. The standard InChI is InChI=1S/C24H23F3N7/c1-31-10-9-20-21(22(31)24(25,26)27)28-14-33(20)18-7-11-32(12-8-18)19-4-2-3-16(13-19)23-30-29-15-34(23)17-5-6-17/h2-4,7-8,11-15,17,22H,5-6,9-10H2,1H3/q+1. The second kappa shape index (κ2) is 7.76. The molecule has 0 N–H and O–H groups in total. The summed E-state index contributed by atoms with van der Waals surface area (Å²) in [7, 11) is 1.49. The lowest BCUT2D eigenvalue weighted by Gasteiger charge is -2.33. The van der Waals surface area contributed by atoms with Crippen LogP contribution in [0.1, 0.15) is 36.3 Å². The van der Waals surface area contributed by atoms with Gasteiger partial charge in [0, 0.05) is 54.5 Å². The van der Waals surface area contributed by atoms with Gasteiger partial charge < -0.3 is 9.13 Å². The zero-order valence-corrected chi connectivity index (χ0v) is 18.5. The van der Waals surface area contributed by atoms with E-state index in [1.54, 1.807) is 10.9 Å². The molecule has 1 aromatic carbocycles. The number of halogens is 3. The number of nitrogens with zero attached hydrogens (tertiary/aromatic N) is 7. The SMILES string of the molecule is CN1CCc2c(ncn2-c2cc[n+](-c3cccc(-c4nncn4C4CC4)c3)cc2)C1C(F)(F)F. The van der Waals surface area contributed by atoms with E-state index in [9.17, 15) is 13.2 Å². The summed E-state index contributed by atoms with van der Waals surface area (Å²) in [6.07, 6.45) is 5.54. The monoisotopic (exact) mass is 466 g/mol. The molecule has 0 amide bonds. The van der Waals surface area contributed by atoms with E-state index >= 15 is 0 Å². The number of pyridine rings is 1. The van der Waals surface area contributed by atoms with E-state index in [0.717, 1.165) is 35.6 Å². The molecule has 0 bridgehead atoms. The maximum absolute atomic E-state index is 13.6. The number of likely N-dealkylation sites (N-methyl/N-ethyl adjacent to an activating group) is 1. The van der Waals surface area contributed by atoms with Gasteiger partial charge in [0.05, 0.1) is 17.7 Å². The number of rotatable bonds is 4. The van der Waals surface area contributed by atoms with Crippen molar-refractivity contribution in [3.8, 4) is 22.8 Å². The Balaban J connectivity index is 1.30. The molecule has 0 spiro atoms. The van der Waals surface area contributed by atoms with E-state index in [4.69, 9.17) is 0 Å². The molecule has 6 rings (SSSR count). The lowest BCUT2D eigenvalue weighted by molar-refractivity contribution is -0.595. The molecule has 1 aliphatic carbocycles. The topological polar surface area (TPSA) is 55.6 Å². The molecule has 34 heavy (non-hydrogen) atoms. The van der Waals surface area contributed by atoms with Crippen molar-refractivity contribution in [2.45, 2.75) is 37.5 Å². The Hall–Kier alpha value is -3.53. The first-order valence-electron chi connectivity index (χ1n) is 11.3. The highest BCUT2D eigenvalue weighted by Crippen LogP contribution is 2.41. The maximum atomic E-state index is 13.6. The molecule has 0 saturated heterocycles. The van der Waals surface area contributed by atoms with E-state index in [2.05, 4.69) is 25.8 Å². The van der Waals surface area contributed by atoms with Crippen LogP contribution >= 0.6 is 0 Å². The smallest absolute Gasteiger partial charge is 0.310 e. The highest BCUT2D eigenvalue weighted by atomic mass is 19.4. The fourth-order valence-electron chi connectivity index (χ4n) is 4.74. The summed E-state index contributed by atoms with van der Waals surface area (Å²) < 4.78 is 46.7. The van der Waals surface area contributed by atoms with Gasteiger partial charge in [-0.05, 0) is 19.9 Å². The number of hydrogen-bond acceptors (Lipinski definition) is 4. The highest BCUT2D eigenvalue weighted by molar-refractivity contribution is 5.58. The number of benzene rings is 1. The van der Waals surface area contributed by atoms with Crippen molar-refractivity contribution in [2.24, 2.45) is 0 Å². The van der Waals surface area contributed by atoms with E-state index < -0.39 is 12.2 Å². The Kier molecular flexibility index (Phi) is 4.80. The highest BCUT2D eigenvalue weighted by Gasteiger charge is 2.48. The van der Waals surface area contributed by atoms with Crippen molar-refractivity contribution in [1.29, 1.82) is 0 Å². The summed E-state index contributed by atoms with van der Waals surface area (Å²) in [6, 6.07) is 10.7. The average Bonchev–Trinajstić information content (AvgIpc) is 3.39. The first-order valence-corrected chi connectivity index (χ1v) is 11.3. The normalized spacial score (nSPS) is 18.8. The van der Waals surface area contributed by atoms with Crippen LogP contribution in [0.5, 0.6) is 0 Å². The number of aromatic nitrogens is 6. The van der Waals surface area contributed by atoms with Gasteiger partial charge in [0.15, 0.2) is 24.3 Å². The van der Waals surface area contributed by atoms with Crippen molar-refractivity contribution in [3.63, 3.8) is 0 Å². The maximum Gasteiger partial charge on any atom is 0.409 e. The van der Waals surface area contributed by atoms with Crippen LogP contribution in [-0.2, 0) is 6.42 Å². The van der Waals surface area contributed by atoms with Crippen LogP contribution < -0.4 is 4.57 Å². The Labute approximate surface area is 194 Å². The second-order valence-electron chi connectivity index (χ2n) is 8.93. The van der Waals surface area contributed by atoms with Crippen LogP contribution in [0.25, 0.3) is 22.8 Å². The first-order chi connectivity index (χ1) is 16.4. The first kappa shape index (κ1) is 21.0. The zero-order valence-electron chi connectivity index (χ0n) is 18.5.